The van der Waals surface area contributed by atoms with E-state index in [0.717, 1.165) is 37.3 Å². The van der Waals surface area contributed by atoms with Crippen molar-refractivity contribution in [3.8, 4) is 0 Å². The fourth-order valence-electron chi connectivity index (χ4n) is 4.28. The first-order valence-electron chi connectivity index (χ1n) is 9.12. The van der Waals surface area contributed by atoms with Crippen LogP contribution >= 0.6 is 0 Å². The quantitative estimate of drug-likeness (QED) is 0.941. The molecule has 2 aliphatic heterocycles. The van der Waals surface area contributed by atoms with E-state index in [1.807, 2.05) is 12.3 Å². The second-order valence-corrected chi connectivity index (χ2v) is 6.88. The Morgan fingerprint density at radius 2 is 2.13 bits per heavy atom. The van der Waals surface area contributed by atoms with Gasteiger partial charge >= 0.3 is 0 Å². The predicted octanol–water partition coefficient (Wildman–Crippen LogP) is 2.38. The van der Waals surface area contributed by atoms with Crippen molar-refractivity contribution in [3.05, 3.63) is 24.2 Å². The van der Waals surface area contributed by atoms with Gasteiger partial charge in [0.05, 0.1) is 0 Å². The zero-order valence-corrected chi connectivity index (χ0v) is 14.0. The van der Waals surface area contributed by atoms with Gasteiger partial charge in [-0.3, -0.25) is 4.90 Å². The molecule has 2 saturated heterocycles. The molecule has 2 fully saturated rings. The third-order valence-corrected chi connectivity index (χ3v) is 5.54. The molecule has 1 N–H and O–H groups in total. The summed E-state index contributed by atoms with van der Waals surface area (Å²) in [5, 5.41) is 3.47. The molecule has 0 saturated carbocycles. The van der Waals surface area contributed by atoms with Crippen molar-refractivity contribution in [3.63, 3.8) is 0 Å². The smallest absolute Gasteiger partial charge is 0.160 e. The molecule has 124 valence electrons. The van der Waals surface area contributed by atoms with Crippen LogP contribution in [-0.4, -0.2) is 51.7 Å². The van der Waals surface area contributed by atoms with Crippen molar-refractivity contribution in [2.24, 2.45) is 0 Å². The standard InChI is InChI=1S/C18H27N5/c1-2-22-12-4-5-15(22)13-23-17(14-7-10-19-11-8-14)21-16-6-3-9-20-18(16)23/h3,6,9,14-15,19H,2,4-5,7-8,10-13H2,1H3. The number of pyridine rings is 1. The summed E-state index contributed by atoms with van der Waals surface area (Å²) in [6, 6.07) is 4.75. The lowest BCUT2D eigenvalue weighted by Crippen LogP contribution is -2.34. The average molecular weight is 313 g/mol. The summed E-state index contributed by atoms with van der Waals surface area (Å²) in [5.41, 5.74) is 2.13. The van der Waals surface area contributed by atoms with E-state index < -0.39 is 0 Å². The molecule has 0 amide bonds. The van der Waals surface area contributed by atoms with Gasteiger partial charge in [-0.1, -0.05) is 6.92 Å². The summed E-state index contributed by atoms with van der Waals surface area (Å²) in [4.78, 5) is 12.3. The Hall–Kier alpha value is -1.46. The molecular weight excluding hydrogens is 286 g/mol. The Morgan fingerprint density at radius 3 is 2.96 bits per heavy atom. The van der Waals surface area contributed by atoms with Crippen LogP contribution in [-0.2, 0) is 6.54 Å². The summed E-state index contributed by atoms with van der Waals surface area (Å²) in [7, 11) is 0. The number of imidazole rings is 1. The summed E-state index contributed by atoms with van der Waals surface area (Å²) in [6.45, 7) is 7.91. The number of likely N-dealkylation sites (tertiary alicyclic amines) is 1. The second-order valence-electron chi connectivity index (χ2n) is 6.88. The first-order valence-corrected chi connectivity index (χ1v) is 9.12. The van der Waals surface area contributed by atoms with E-state index in [0.29, 0.717) is 12.0 Å². The Kier molecular flexibility index (Phi) is 4.31. The average Bonchev–Trinajstić information content (AvgIpc) is 3.21. The molecule has 2 aromatic heterocycles. The maximum Gasteiger partial charge on any atom is 0.160 e. The zero-order valence-electron chi connectivity index (χ0n) is 14.0. The maximum atomic E-state index is 4.98. The number of hydrogen-bond acceptors (Lipinski definition) is 4. The maximum absolute atomic E-state index is 4.98. The van der Waals surface area contributed by atoms with Gasteiger partial charge in [-0.25, -0.2) is 9.97 Å². The number of nitrogens with zero attached hydrogens (tertiary/aromatic N) is 4. The molecule has 0 radical (unpaired) electrons. The highest BCUT2D eigenvalue weighted by Gasteiger charge is 2.28. The van der Waals surface area contributed by atoms with Gasteiger partial charge in [0.15, 0.2) is 5.65 Å². The van der Waals surface area contributed by atoms with E-state index in [9.17, 15) is 0 Å². The molecule has 23 heavy (non-hydrogen) atoms. The Balaban J connectivity index is 1.70. The molecule has 1 atom stereocenters. The highest BCUT2D eigenvalue weighted by atomic mass is 15.2. The molecule has 2 aliphatic rings. The zero-order chi connectivity index (χ0) is 15.6. The van der Waals surface area contributed by atoms with Crippen molar-refractivity contribution >= 4 is 11.2 Å². The molecular formula is C18H27N5. The monoisotopic (exact) mass is 313 g/mol. The lowest BCUT2D eigenvalue weighted by Gasteiger charge is -2.27. The van der Waals surface area contributed by atoms with Crippen molar-refractivity contribution < 1.29 is 0 Å². The fourth-order valence-corrected chi connectivity index (χ4v) is 4.28. The molecule has 1 unspecified atom stereocenters. The van der Waals surface area contributed by atoms with Gasteiger partial charge < -0.3 is 9.88 Å². The molecule has 2 aromatic rings. The van der Waals surface area contributed by atoms with Gasteiger partial charge in [-0.05, 0) is 64.0 Å². The molecule has 0 aliphatic carbocycles. The number of hydrogen-bond donors (Lipinski definition) is 1. The van der Waals surface area contributed by atoms with Gasteiger partial charge in [0.25, 0.3) is 0 Å². The van der Waals surface area contributed by atoms with Crippen LogP contribution in [0.2, 0.25) is 0 Å². The molecule has 5 nitrogen and oxygen atoms in total. The summed E-state index contributed by atoms with van der Waals surface area (Å²) in [5.74, 6) is 1.84. The summed E-state index contributed by atoms with van der Waals surface area (Å²) in [6.07, 6.45) is 6.89. The Morgan fingerprint density at radius 1 is 1.26 bits per heavy atom. The lowest BCUT2D eigenvalue weighted by molar-refractivity contribution is 0.242. The minimum absolute atomic E-state index is 0.571. The predicted molar refractivity (Wildman–Crippen MR) is 92.6 cm³/mol. The third-order valence-electron chi connectivity index (χ3n) is 5.54. The highest BCUT2D eigenvalue weighted by molar-refractivity contribution is 5.71. The largest absolute Gasteiger partial charge is 0.317 e. The van der Waals surface area contributed by atoms with Crippen molar-refractivity contribution in [1.29, 1.82) is 0 Å². The van der Waals surface area contributed by atoms with E-state index in [1.54, 1.807) is 0 Å². The molecule has 0 bridgehead atoms. The summed E-state index contributed by atoms with van der Waals surface area (Å²) >= 11 is 0. The highest BCUT2D eigenvalue weighted by Crippen LogP contribution is 2.29. The van der Waals surface area contributed by atoms with Crippen LogP contribution in [0.4, 0.5) is 0 Å². The van der Waals surface area contributed by atoms with Crippen LogP contribution in [0.1, 0.15) is 44.3 Å². The Bertz CT molecular complexity index is 658. The van der Waals surface area contributed by atoms with E-state index in [1.165, 1.54) is 38.1 Å². The van der Waals surface area contributed by atoms with Gasteiger partial charge in [-0.15, -0.1) is 0 Å². The third kappa shape index (κ3) is 2.88. The number of likely N-dealkylation sites (N-methyl/N-ethyl adjacent to an activating group) is 1. The Labute approximate surface area is 138 Å². The number of aromatic nitrogens is 3. The molecule has 0 aromatic carbocycles. The molecule has 4 heterocycles. The lowest BCUT2D eigenvalue weighted by atomic mass is 9.97. The minimum Gasteiger partial charge on any atom is -0.317 e. The minimum atomic E-state index is 0.571. The van der Waals surface area contributed by atoms with Crippen LogP contribution in [0.25, 0.3) is 11.2 Å². The topological polar surface area (TPSA) is 46.0 Å². The van der Waals surface area contributed by atoms with Gasteiger partial charge in [0.1, 0.15) is 11.3 Å². The van der Waals surface area contributed by atoms with Crippen LogP contribution in [0, 0.1) is 0 Å². The van der Waals surface area contributed by atoms with Crippen LogP contribution in [0.3, 0.4) is 0 Å². The molecule has 5 heteroatoms. The van der Waals surface area contributed by atoms with Crippen LogP contribution in [0.5, 0.6) is 0 Å². The van der Waals surface area contributed by atoms with E-state index >= 15 is 0 Å². The van der Waals surface area contributed by atoms with E-state index in [4.69, 9.17) is 4.98 Å². The van der Waals surface area contributed by atoms with Crippen LogP contribution in [0.15, 0.2) is 18.3 Å². The SMILES string of the molecule is CCN1CCCC1Cn1c(C2CCNCC2)nc2cccnc21. The van der Waals surface area contributed by atoms with E-state index in [2.05, 4.69) is 32.8 Å². The second kappa shape index (κ2) is 6.57. The van der Waals surface area contributed by atoms with Crippen molar-refractivity contribution in [2.45, 2.75) is 51.1 Å². The first-order chi connectivity index (χ1) is 11.4. The summed E-state index contributed by atoms with van der Waals surface area (Å²) < 4.78 is 2.43. The van der Waals surface area contributed by atoms with Crippen LogP contribution < -0.4 is 5.32 Å². The van der Waals surface area contributed by atoms with Gasteiger partial charge in [0, 0.05) is 24.7 Å². The van der Waals surface area contributed by atoms with Crippen molar-refractivity contribution in [2.75, 3.05) is 26.2 Å². The van der Waals surface area contributed by atoms with Gasteiger partial charge in [0.2, 0.25) is 0 Å². The van der Waals surface area contributed by atoms with Crippen molar-refractivity contribution in [1.82, 2.24) is 24.8 Å². The number of fused-ring (bicyclic) bond motifs is 1. The molecule has 4 rings (SSSR count). The fraction of sp³-hybridized carbons (Fsp3) is 0.667. The number of rotatable bonds is 4. The normalized spacial score (nSPS) is 23.8. The van der Waals surface area contributed by atoms with Gasteiger partial charge in [-0.2, -0.15) is 0 Å². The number of nitrogens with one attached hydrogen (secondary N) is 1. The molecule has 0 spiro atoms. The number of piperidine rings is 1. The first kappa shape index (κ1) is 15.1. The van der Waals surface area contributed by atoms with E-state index in [-0.39, 0.29) is 0 Å².